The summed E-state index contributed by atoms with van der Waals surface area (Å²) in [5, 5.41) is 11.9. The second-order valence-electron chi connectivity index (χ2n) is 6.16. The van der Waals surface area contributed by atoms with Crippen molar-refractivity contribution in [1.29, 1.82) is 0 Å². The van der Waals surface area contributed by atoms with Gasteiger partial charge in [-0.15, -0.1) is 0 Å². The van der Waals surface area contributed by atoms with Crippen LogP contribution in [0.15, 0.2) is 54.6 Å². The Kier molecular flexibility index (Phi) is 3.69. The van der Waals surface area contributed by atoms with Gasteiger partial charge in [-0.1, -0.05) is 24.3 Å². The first-order chi connectivity index (χ1) is 12.9. The summed E-state index contributed by atoms with van der Waals surface area (Å²) in [6, 6.07) is 10.4. The minimum Gasteiger partial charge on any atom is -0.508 e. The molecular weight excluding hydrogens is 362 g/mol. The minimum absolute atomic E-state index is 0.0364. The molecule has 1 atom stereocenters. The normalized spacial score (nSPS) is 18.3. The molecule has 0 aliphatic carbocycles. The Morgan fingerprint density at radius 2 is 1.41 bits per heavy atom. The molecule has 3 nitrogen and oxygen atoms in total. The number of amides is 1. The van der Waals surface area contributed by atoms with Crippen molar-refractivity contribution in [2.75, 3.05) is 5.32 Å². The molecule has 0 saturated heterocycles. The van der Waals surface area contributed by atoms with Crippen molar-refractivity contribution >= 4 is 11.6 Å². The number of rotatable bonds is 2. The third-order valence-electron chi connectivity index (χ3n) is 4.73. The number of carbonyl (C=O) groups is 1. The monoisotopic (exact) mass is 373 g/mol. The molecule has 0 saturated carbocycles. The van der Waals surface area contributed by atoms with Crippen LogP contribution in [0.1, 0.15) is 16.7 Å². The molecule has 0 aromatic heterocycles. The van der Waals surface area contributed by atoms with E-state index in [1.807, 2.05) is 0 Å². The number of halogens is 4. The highest BCUT2D eigenvalue weighted by Gasteiger charge is 2.51. The number of aromatic hydroxyl groups is 1. The number of hydrogen-bond donors (Lipinski definition) is 2. The van der Waals surface area contributed by atoms with Crippen molar-refractivity contribution in [2.45, 2.75) is 5.41 Å². The molecule has 0 spiro atoms. The van der Waals surface area contributed by atoms with E-state index in [0.29, 0.717) is 0 Å². The number of fused-ring (bicyclic) bond motifs is 1. The van der Waals surface area contributed by atoms with Crippen LogP contribution < -0.4 is 5.32 Å². The maximum absolute atomic E-state index is 14.3. The lowest BCUT2D eigenvalue weighted by molar-refractivity contribution is -0.118. The fraction of sp³-hybridized carbons (Fsp3) is 0.0500. The number of anilines is 1. The second kappa shape index (κ2) is 5.84. The van der Waals surface area contributed by atoms with Gasteiger partial charge in [0.05, 0.1) is 5.69 Å². The fourth-order valence-corrected chi connectivity index (χ4v) is 3.50. The summed E-state index contributed by atoms with van der Waals surface area (Å²) in [5.41, 5.74) is -1.74. The Labute approximate surface area is 150 Å². The molecule has 1 aliphatic rings. The molecule has 7 heteroatoms. The first-order valence-electron chi connectivity index (χ1n) is 7.90. The van der Waals surface area contributed by atoms with E-state index in [2.05, 4.69) is 5.32 Å². The van der Waals surface area contributed by atoms with E-state index in [1.54, 1.807) is 0 Å². The highest BCUT2D eigenvalue weighted by Crippen LogP contribution is 2.49. The van der Waals surface area contributed by atoms with Crippen molar-refractivity contribution in [3.8, 4) is 5.75 Å². The van der Waals surface area contributed by atoms with Gasteiger partial charge in [0.25, 0.3) is 0 Å². The van der Waals surface area contributed by atoms with Crippen molar-refractivity contribution in [2.24, 2.45) is 0 Å². The predicted molar refractivity (Wildman–Crippen MR) is 89.3 cm³/mol. The van der Waals surface area contributed by atoms with Crippen LogP contribution in [0, 0.1) is 23.3 Å². The van der Waals surface area contributed by atoms with Crippen LogP contribution in [0.4, 0.5) is 23.2 Å². The first-order valence-corrected chi connectivity index (χ1v) is 7.90. The van der Waals surface area contributed by atoms with Crippen LogP contribution in [0.25, 0.3) is 0 Å². The summed E-state index contributed by atoms with van der Waals surface area (Å²) in [5.74, 6) is -5.52. The summed E-state index contributed by atoms with van der Waals surface area (Å²) in [4.78, 5) is 13.0. The molecule has 1 heterocycles. The summed E-state index contributed by atoms with van der Waals surface area (Å²) >= 11 is 0. The molecule has 27 heavy (non-hydrogen) atoms. The van der Waals surface area contributed by atoms with Crippen molar-refractivity contribution in [3.63, 3.8) is 0 Å². The van der Waals surface area contributed by atoms with Crippen molar-refractivity contribution in [3.05, 3.63) is 94.6 Å². The zero-order chi connectivity index (χ0) is 19.3. The zero-order valence-corrected chi connectivity index (χ0v) is 13.6. The smallest absolute Gasteiger partial charge is 0.244 e. The van der Waals surface area contributed by atoms with Gasteiger partial charge in [-0.3, -0.25) is 4.79 Å². The van der Waals surface area contributed by atoms with Gasteiger partial charge in [-0.05, 0) is 41.5 Å². The average Bonchev–Trinajstić information content (AvgIpc) is 2.95. The summed E-state index contributed by atoms with van der Waals surface area (Å²) in [6.45, 7) is 0. The first kappa shape index (κ1) is 17.1. The van der Waals surface area contributed by atoms with Gasteiger partial charge in [0.1, 0.15) is 11.2 Å². The average molecular weight is 373 g/mol. The van der Waals surface area contributed by atoms with E-state index >= 15 is 0 Å². The Morgan fingerprint density at radius 3 is 2.07 bits per heavy atom. The van der Waals surface area contributed by atoms with Gasteiger partial charge in [0, 0.05) is 5.56 Å². The van der Waals surface area contributed by atoms with Crippen LogP contribution >= 0.6 is 0 Å². The quantitative estimate of drug-likeness (QED) is 0.661. The Morgan fingerprint density at radius 1 is 0.778 bits per heavy atom. The highest BCUT2D eigenvalue weighted by molar-refractivity contribution is 6.11. The van der Waals surface area contributed by atoms with Crippen LogP contribution in [-0.2, 0) is 10.2 Å². The standard InChI is InChI=1S/C20H11F4NO2/c21-14-7-3-11(9-16(14)23)20(10-1-4-12(26)5-2-10)13-6-8-15(22)17(24)18(13)25-19(20)27/h1-9,26H,(H,25,27). The molecular formula is C20H11F4NO2. The largest absolute Gasteiger partial charge is 0.508 e. The molecule has 3 aromatic carbocycles. The molecule has 3 aromatic rings. The van der Waals surface area contributed by atoms with Gasteiger partial charge < -0.3 is 10.4 Å². The lowest BCUT2D eigenvalue weighted by Gasteiger charge is -2.29. The van der Waals surface area contributed by atoms with Crippen LogP contribution in [-0.4, -0.2) is 11.0 Å². The van der Waals surface area contributed by atoms with Crippen LogP contribution in [0.2, 0.25) is 0 Å². The maximum atomic E-state index is 14.3. The van der Waals surface area contributed by atoms with E-state index in [-0.39, 0.29) is 28.1 Å². The van der Waals surface area contributed by atoms with Crippen molar-refractivity contribution < 1.29 is 27.5 Å². The minimum atomic E-state index is -1.74. The summed E-state index contributed by atoms with van der Waals surface area (Å²) < 4.78 is 55.4. The molecule has 4 rings (SSSR count). The lowest BCUT2D eigenvalue weighted by atomic mass is 9.70. The number of phenols is 1. The number of benzene rings is 3. The second-order valence-corrected chi connectivity index (χ2v) is 6.16. The number of nitrogens with one attached hydrogen (secondary N) is 1. The Hall–Kier alpha value is -3.35. The third kappa shape index (κ3) is 2.31. The van der Waals surface area contributed by atoms with E-state index in [1.165, 1.54) is 36.4 Å². The number of phenolic OH excluding ortho intramolecular Hbond substituents is 1. The lowest BCUT2D eigenvalue weighted by Crippen LogP contribution is -2.37. The molecule has 0 bridgehead atoms. The SMILES string of the molecule is O=C1Nc2c(ccc(F)c2F)C1(c1ccc(O)cc1)c1ccc(F)c(F)c1. The molecule has 0 radical (unpaired) electrons. The van der Waals surface area contributed by atoms with Crippen molar-refractivity contribution in [1.82, 2.24) is 0 Å². The third-order valence-corrected chi connectivity index (χ3v) is 4.73. The summed E-state index contributed by atoms with van der Waals surface area (Å²) in [6.07, 6.45) is 0. The fourth-order valence-electron chi connectivity index (χ4n) is 3.50. The zero-order valence-electron chi connectivity index (χ0n) is 13.6. The molecule has 2 N–H and O–H groups in total. The number of hydrogen-bond acceptors (Lipinski definition) is 2. The van der Waals surface area contributed by atoms with Gasteiger partial charge in [0.2, 0.25) is 5.91 Å². The molecule has 0 fully saturated rings. The Balaban J connectivity index is 2.10. The van der Waals surface area contributed by atoms with E-state index in [9.17, 15) is 27.5 Å². The molecule has 1 unspecified atom stereocenters. The van der Waals surface area contributed by atoms with Gasteiger partial charge in [-0.25, -0.2) is 17.6 Å². The van der Waals surface area contributed by atoms with E-state index in [0.717, 1.165) is 18.2 Å². The Bertz CT molecular complexity index is 1080. The van der Waals surface area contributed by atoms with E-state index < -0.39 is 34.6 Å². The topological polar surface area (TPSA) is 49.3 Å². The molecule has 1 aliphatic heterocycles. The van der Waals surface area contributed by atoms with Crippen LogP contribution in [0.5, 0.6) is 5.75 Å². The molecule has 136 valence electrons. The van der Waals surface area contributed by atoms with E-state index in [4.69, 9.17) is 0 Å². The van der Waals surface area contributed by atoms with Gasteiger partial charge in [0.15, 0.2) is 23.3 Å². The molecule has 1 amide bonds. The number of carbonyl (C=O) groups excluding carboxylic acids is 1. The van der Waals surface area contributed by atoms with Crippen LogP contribution in [0.3, 0.4) is 0 Å². The van der Waals surface area contributed by atoms with Gasteiger partial charge in [-0.2, -0.15) is 0 Å². The highest BCUT2D eigenvalue weighted by atomic mass is 19.2. The predicted octanol–water partition coefficient (Wildman–Crippen LogP) is 4.24. The maximum Gasteiger partial charge on any atom is 0.244 e. The van der Waals surface area contributed by atoms with Gasteiger partial charge >= 0.3 is 0 Å². The summed E-state index contributed by atoms with van der Waals surface area (Å²) in [7, 11) is 0.